The molecule has 0 fully saturated rings. The Morgan fingerprint density at radius 3 is 1.41 bits per heavy atom. The zero-order chi connectivity index (χ0) is 44.8. The molecular weight excluding hydrogens is 819 g/mol. The van der Waals surface area contributed by atoms with Crippen molar-refractivity contribution in [3.05, 3.63) is 283 Å². The lowest BCUT2D eigenvalue weighted by atomic mass is 9.67. The van der Waals surface area contributed by atoms with Gasteiger partial charge in [-0.05, 0) is 135 Å². The van der Waals surface area contributed by atoms with Crippen LogP contribution in [0.25, 0.3) is 104 Å². The first-order valence-corrected chi connectivity index (χ1v) is 23.7. The Bertz CT molecular complexity index is 4020. The van der Waals surface area contributed by atoms with Crippen molar-refractivity contribution in [2.24, 2.45) is 0 Å². The van der Waals surface area contributed by atoms with Gasteiger partial charge in [0.1, 0.15) is 0 Å². The van der Waals surface area contributed by atoms with E-state index in [1.165, 1.54) is 121 Å². The van der Waals surface area contributed by atoms with E-state index in [4.69, 9.17) is 0 Å². The van der Waals surface area contributed by atoms with Gasteiger partial charge >= 0.3 is 0 Å². The highest BCUT2D eigenvalue weighted by Gasteiger charge is 2.46. The molecule has 1 heterocycles. The largest absolute Gasteiger partial charge is 0.309 e. The molecule has 1 heteroatoms. The van der Waals surface area contributed by atoms with Crippen LogP contribution in [-0.2, 0) is 5.41 Å². The summed E-state index contributed by atoms with van der Waals surface area (Å²) in [7, 11) is 0. The van der Waals surface area contributed by atoms with E-state index in [1.54, 1.807) is 0 Å². The van der Waals surface area contributed by atoms with Crippen LogP contribution < -0.4 is 0 Å². The predicted molar refractivity (Wildman–Crippen MR) is 287 cm³/mol. The third-order valence-electron chi connectivity index (χ3n) is 14.8. The van der Waals surface area contributed by atoms with Crippen LogP contribution in [0.15, 0.2) is 261 Å². The van der Waals surface area contributed by atoms with Crippen molar-refractivity contribution in [3.8, 4) is 50.2 Å². The van der Waals surface area contributed by atoms with Crippen molar-refractivity contribution >= 4 is 54.1 Å². The molecule has 0 atom stereocenters. The molecule has 1 nitrogen and oxygen atoms in total. The van der Waals surface area contributed by atoms with Gasteiger partial charge in [-0.2, -0.15) is 0 Å². The van der Waals surface area contributed by atoms with Crippen LogP contribution in [0.5, 0.6) is 0 Å². The van der Waals surface area contributed by atoms with Crippen LogP contribution >= 0.6 is 0 Å². The van der Waals surface area contributed by atoms with Crippen molar-refractivity contribution in [2.75, 3.05) is 0 Å². The average Bonchev–Trinajstić information content (AvgIpc) is 3.90. The summed E-state index contributed by atoms with van der Waals surface area (Å²) in [5, 5.41) is 10.0. The van der Waals surface area contributed by atoms with Crippen LogP contribution in [0.1, 0.15) is 22.3 Å². The van der Waals surface area contributed by atoms with Crippen LogP contribution in [0, 0.1) is 0 Å². The molecule has 0 aliphatic heterocycles. The number of rotatable bonds is 6. The van der Waals surface area contributed by atoms with Gasteiger partial charge in [0.05, 0.1) is 16.4 Å². The van der Waals surface area contributed by atoms with Crippen molar-refractivity contribution in [3.63, 3.8) is 0 Å². The van der Waals surface area contributed by atoms with E-state index < -0.39 is 5.41 Å². The quantitative estimate of drug-likeness (QED) is 0.147. The topological polar surface area (TPSA) is 4.93 Å². The fourth-order valence-electron chi connectivity index (χ4n) is 12.0. The van der Waals surface area contributed by atoms with Crippen LogP contribution in [0.2, 0.25) is 0 Å². The van der Waals surface area contributed by atoms with Crippen molar-refractivity contribution in [2.45, 2.75) is 5.41 Å². The van der Waals surface area contributed by atoms with Crippen molar-refractivity contribution in [1.82, 2.24) is 4.57 Å². The molecule has 1 aliphatic carbocycles. The Morgan fingerprint density at radius 1 is 0.265 bits per heavy atom. The number of aromatic nitrogens is 1. The fraction of sp³-hybridized carbons (Fsp3) is 0.0149. The number of nitrogens with zero attached hydrogens (tertiary/aromatic N) is 1. The molecule has 68 heavy (non-hydrogen) atoms. The number of hydrogen-bond acceptors (Lipinski definition) is 0. The van der Waals surface area contributed by atoms with E-state index in [1.807, 2.05) is 0 Å². The van der Waals surface area contributed by atoms with Gasteiger partial charge in [-0.15, -0.1) is 0 Å². The number of hydrogen-bond donors (Lipinski definition) is 0. The van der Waals surface area contributed by atoms with Crippen molar-refractivity contribution < 1.29 is 0 Å². The summed E-state index contributed by atoms with van der Waals surface area (Å²) in [5.74, 6) is 0. The highest BCUT2D eigenvalue weighted by Crippen LogP contribution is 2.58. The summed E-state index contributed by atoms with van der Waals surface area (Å²) in [6.07, 6.45) is 0. The normalized spacial score (nSPS) is 12.8. The lowest BCUT2D eigenvalue weighted by molar-refractivity contribution is 0.768. The fourth-order valence-corrected chi connectivity index (χ4v) is 12.0. The van der Waals surface area contributed by atoms with E-state index in [9.17, 15) is 0 Å². The summed E-state index contributed by atoms with van der Waals surface area (Å²) in [6.45, 7) is 0. The van der Waals surface area contributed by atoms with Crippen LogP contribution in [-0.4, -0.2) is 4.57 Å². The Hall–Kier alpha value is -8.78. The highest BCUT2D eigenvalue weighted by atomic mass is 15.0. The Morgan fingerprint density at radius 2 is 0.750 bits per heavy atom. The van der Waals surface area contributed by atoms with E-state index in [0.29, 0.717) is 0 Å². The molecule has 316 valence electrons. The second-order valence-electron chi connectivity index (χ2n) is 18.3. The van der Waals surface area contributed by atoms with Gasteiger partial charge in [0, 0.05) is 16.5 Å². The molecule has 13 aromatic rings. The van der Waals surface area contributed by atoms with E-state index in [-0.39, 0.29) is 0 Å². The molecule has 0 bridgehead atoms. The maximum absolute atomic E-state index is 2.53. The van der Waals surface area contributed by atoms with Gasteiger partial charge in [-0.25, -0.2) is 0 Å². The second-order valence-corrected chi connectivity index (χ2v) is 18.3. The first kappa shape index (κ1) is 38.5. The number of fused-ring (bicyclic) bond motifs is 9. The zero-order valence-electron chi connectivity index (χ0n) is 37.3. The second kappa shape index (κ2) is 15.1. The monoisotopic (exact) mass is 861 g/mol. The molecule has 1 aliphatic rings. The average molecular weight is 862 g/mol. The summed E-state index contributed by atoms with van der Waals surface area (Å²) >= 11 is 0. The Labute approximate surface area is 395 Å². The highest BCUT2D eigenvalue weighted by molar-refractivity contribution is 6.21. The predicted octanol–water partition coefficient (Wildman–Crippen LogP) is 17.6. The summed E-state index contributed by atoms with van der Waals surface area (Å²) < 4.78 is 2.49. The number of benzene rings is 12. The third-order valence-corrected chi connectivity index (χ3v) is 14.8. The summed E-state index contributed by atoms with van der Waals surface area (Å²) in [4.78, 5) is 0. The summed E-state index contributed by atoms with van der Waals surface area (Å²) in [6, 6.07) is 97.1. The van der Waals surface area contributed by atoms with E-state index in [2.05, 4.69) is 265 Å². The lowest BCUT2D eigenvalue weighted by Crippen LogP contribution is -2.28. The molecule has 0 unspecified atom stereocenters. The Kier molecular flexibility index (Phi) is 8.57. The van der Waals surface area contributed by atoms with Gasteiger partial charge in [0.25, 0.3) is 0 Å². The molecule has 1 aromatic heterocycles. The SMILES string of the molecule is c1ccc(-c2c3ccccc3c(-c3ccc4c(c3)C(c3ccccc3)(c3ccccc3)c3cc(-n5c6ccccc6c6cc(-c7cccc8ccccc78)ccc65)ccc3-4)c3ccccc23)cc1. The molecule has 0 spiro atoms. The molecule has 0 saturated carbocycles. The minimum absolute atomic E-state index is 0.616. The first-order valence-electron chi connectivity index (χ1n) is 23.7. The van der Waals surface area contributed by atoms with Gasteiger partial charge < -0.3 is 4.57 Å². The smallest absolute Gasteiger partial charge is 0.0714 e. The minimum Gasteiger partial charge on any atom is -0.309 e. The molecule has 0 radical (unpaired) electrons. The standard InChI is InChI=1S/C67H43N/c1-4-20-45(21-5-1)65-56-29-12-14-31-58(56)66(59-32-15-13-30-57(59)65)47-35-38-53-54-39-37-50(43-62(54)67(61(53)42-47,48-23-6-2-7-24-48)49-25-8-3-9-26-49)68-63-34-17-16-28-55(63)60-41-46(36-40-64(60)68)52-33-18-22-44-19-10-11-27-51(44)52/h1-43H. The minimum atomic E-state index is -0.616. The summed E-state index contributed by atoms with van der Waals surface area (Å²) in [5.41, 5.74) is 18.0. The van der Waals surface area contributed by atoms with E-state index in [0.717, 1.165) is 5.69 Å². The van der Waals surface area contributed by atoms with Crippen LogP contribution in [0.4, 0.5) is 0 Å². The molecule has 14 rings (SSSR count). The van der Waals surface area contributed by atoms with E-state index >= 15 is 0 Å². The maximum atomic E-state index is 2.53. The van der Waals surface area contributed by atoms with Crippen molar-refractivity contribution in [1.29, 1.82) is 0 Å². The first-order chi connectivity index (χ1) is 33.8. The van der Waals surface area contributed by atoms with Gasteiger partial charge in [-0.3, -0.25) is 0 Å². The molecule has 0 N–H and O–H groups in total. The van der Waals surface area contributed by atoms with Gasteiger partial charge in [0.2, 0.25) is 0 Å². The third kappa shape index (κ3) is 5.57. The molecular formula is C67H43N. The number of para-hydroxylation sites is 1. The van der Waals surface area contributed by atoms with Gasteiger partial charge in [-0.1, -0.05) is 224 Å². The van der Waals surface area contributed by atoms with Gasteiger partial charge in [0.15, 0.2) is 0 Å². The lowest BCUT2D eigenvalue weighted by Gasteiger charge is -2.34. The zero-order valence-corrected chi connectivity index (χ0v) is 37.3. The Balaban J connectivity index is 1.03. The molecule has 0 amide bonds. The molecule has 12 aromatic carbocycles. The van der Waals surface area contributed by atoms with Crippen LogP contribution in [0.3, 0.4) is 0 Å². The maximum Gasteiger partial charge on any atom is 0.0714 e. The molecule has 0 saturated heterocycles.